The van der Waals surface area contributed by atoms with Gasteiger partial charge in [0, 0.05) is 17.5 Å². The van der Waals surface area contributed by atoms with Crippen LogP contribution in [0.5, 0.6) is 11.5 Å². The molecule has 1 aliphatic rings. The summed E-state index contributed by atoms with van der Waals surface area (Å²) < 4.78 is 5.04. The first-order valence-corrected chi connectivity index (χ1v) is 3.91. The lowest BCUT2D eigenvalue weighted by Crippen LogP contribution is -1.86. The summed E-state index contributed by atoms with van der Waals surface area (Å²) in [5.74, 6) is 2.59. The van der Waals surface area contributed by atoms with Gasteiger partial charge in [0.25, 0.3) is 0 Å². The number of methoxy groups -OCH3 is 1. The van der Waals surface area contributed by atoms with Gasteiger partial charge >= 0.3 is 0 Å². The molecule has 13 heavy (non-hydrogen) atoms. The summed E-state index contributed by atoms with van der Waals surface area (Å²) in [7, 11) is 1.54. The maximum absolute atomic E-state index is 10.5. The van der Waals surface area contributed by atoms with Crippen LogP contribution in [0.1, 0.15) is 11.1 Å². The summed E-state index contributed by atoms with van der Waals surface area (Å²) in [6, 6.07) is 3.42. The van der Waals surface area contributed by atoms with E-state index in [2.05, 4.69) is 0 Å². The fraction of sp³-hybridized carbons (Fsp3) is 0.200. The van der Waals surface area contributed by atoms with E-state index in [1.807, 2.05) is 5.94 Å². The predicted molar refractivity (Wildman–Crippen MR) is 47.5 cm³/mol. The van der Waals surface area contributed by atoms with Gasteiger partial charge in [-0.2, -0.15) is 0 Å². The molecule has 3 heteroatoms. The van der Waals surface area contributed by atoms with Crippen molar-refractivity contribution in [1.82, 2.24) is 0 Å². The Bertz CT molecular complexity index is 414. The number of rotatable bonds is 1. The molecule has 1 N–H and O–H groups in total. The summed E-state index contributed by atoms with van der Waals surface area (Å²) in [4.78, 5) is 10.5. The molecule has 0 saturated heterocycles. The van der Waals surface area contributed by atoms with Gasteiger partial charge in [-0.1, -0.05) is 0 Å². The highest BCUT2D eigenvalue weighted by molar-refractivity contribution is 5.95. The molecule has 1 aliphatic carbocycles. The van der Waals surface area contributed by atoms with Crippen molar-refractivity contribution in [3.63, 3.8) is 0 Å². The Morgan fingerprint density at radius 2 is 2.31 bits per heavy atom. The van der Waals surface area contributed by atoms with Crippen LogP contribution in [0.4, 0.5) is 0 Å². The molecule has 0 atom stereocenters. The molecule has 2 rings (SSSR count). The lowest BCUT2D eigenvalue weighted by atomic mass is 10.2. The third-order valence-corrected chi connectivity index (χ3v) is 2.26. The average molecular weight is 176 g/mol. The highest BCUT2D eigenvalue weighted by Crippen LogP contribution is 2.43. The molecule has 0 fully saturated rings. The van der Waals surface area contributed by atoms with Gasteiger partial charge in [-0.05, 0) is 12.1 Å². The van der Waals surface area contributed by atoms with Crippen molar-refractivity contribution >= 4 is 11.5 Å². The molecule has 1 aromatic rings. The van der Waals surface area contributed by atoms with E-state index in [4.69, 9.17) is 4.74 Å². The minimum atomic E-state index is 0.151. The summed E-state index contributed by atoms with van der Waals surface area (Å²) in [6.45, 7) is 0. The number of carbonyl (C=O) groups excluding carboxylic acids is 1. The van der Waals surface area contributed by atoms with Crippen molar-refractivity contribution in [2.24, 2.45) is 0 Å². The largest absolute Gasteiger partial charge is 0.507 e. The number of hydrogen-bond donors (Lipinski definition) is 1. The standard InChI is InChI=1S/C10H8O3/c1-13-9-3-2-7-6(5-11)4-8(9)10(7)12/h2-3,12H,4H2,1H3. The molecule has 2 bridgehead atoms. The first-order valence-electron chi connectivity index (χ1n) is 3.91. The Kier molecular flexibility index (Phi) is 1.61. The maximum atomic E-state index is 10.5. The average Bonchev–Trinajstić information content (AvgIpc) is 2.36. The smallest absolute Gasteiger partial charge is 0.131 e. The second kappa shape index (κ2) is 2.64. The Labute approximate surface area is 75.3 Å². The van der Waals surface area contributed by atoms with Gasteiger partial charge in [-0.15, -0.1) is 0 Å². The third kappa shape index (κ3) is 0.945. The number of phenols is 1. The van der Waals surface area contributed by atoms with Gasteiger partial charge in [-0.3, -0.25) is 0 Å². The summed E-state index contributed by atoms with van der Waals surface area (Å²) >= 11 is 0. The van der Waals surface area contributed by atoms with E-state index < -0.39 is 0 Å². The van der Waals surface area contributed by atoms with Crippen molar-refractivity contribution in [2.45, 2.75) is 6.42 Å². The van der Waals surface area contributed by atoms with Crippen LogP contribution in [0, 0.1) is 0 Å². The number of benzene rings is 1. The summed E-state index contributed by atoms with van der Waals surface area (Å²) in [5.41, 5.74) is 1.75. The monoisotopic (exact) mass is 176 g/mol. The van der Waals surface area contributed by atoms with E-state index in [0.29, 0.717) is 28.9 Å². The quantitative estimate of drug-likeness (QED) is 0.653. The number of allylic oxidation sites excluding steroid dienone is 1. The predicted octanol–water partition coefficient (Wildman–Crippen LogP) is 1.17. The van der Waals surface area contributed by atoms with Gasteiger partial charge in [0.1, 0.15) is 17.4 Å². The van der Waals surface area contributed by atoms with Gasteiger partial charge in [0.05, 0.1) is 12.7 Å². The first-order chi connectivity index (χ1) is 6.27. The van der Waals surface area contributed by atoms with E-state index >= 15 is 0 Å². The van der Waals surface area contributed by atoms with E-state index in [1.165, 1.54) is 7.11 Å². The fourth-order valence-electron chi connectivity index (χ4n) is 1.59. The zero-order valence-corrected chi connectivity index (χ0v) is 7.13. The van der Waals surface area contributed by atoms with Gasteiger partial charge in [-0.25, -0.2) is 4.79 Å². The van der Waals surface area contributed by atoms with Gasteiger partial charge in [0.2, 0.25) is 0 Å². The molecule has 0 unspecified atom stereocenters. The van der Waals surface area contributed by atoms with Crippen LogP contribution in [0.15, 0.2) is 12.1 Å². The second-order valence-corrected chi connectivity index (χ2v) is 2.90. The minimum absolute atomic E-state index is 0.151. The number of ether oxygens (including phenoxy) is 1. The maximum Gasteiger partial charge on any atom is 0.131 e. The van der Waals surface area contributed by atoms with Crippen LogP contribution in [0.25, 0.3) is 5.57 Å². The molecule has 1 aromatic carbocycles. The lowest BCUT2D eigenvalue weighted by molar-refractivity contribution is 0.403. The zero-order valence-electron chi connectivity index (χ0n) is 7.13. The molecule has 0 amide bonds. The van der Waals surface area contributed by atoms with E-state index in [-0.39, 0.29) is 5.75 Å². The van der Waals surface area contributed by atoms with Crippen LogP contribution in [-0.2, 0) is 11.2 Å². The van der Waals surface area contributed by atoms with E-state index in [0.717, 1.165) is 0 Å². The molecule has 0 spiro atoms. The van der Waals surface area contributed by atoms with Crippen molar-refractivity contribution in [1.29, 1.82) is 0 Å². The molecule has 0 aliphatic heterocycles. The highest BCUT2D eigenvalue weighted by Gasteiger charge is 2.24. The van der Waals surface area contributed by atoms with E-state index in [1.54, 1.807) is 12.1 Å². The Balaban J connectivity index is 2.67. The minimum Gasteiger partial charge on any atom is -0.507 e. The molecule has 3 nitrogen and oxygen atoms in total. The van der Waals surface area contributed by atoms with Crippen molar-refractivity contribution < 1.29 is 14.6 Å². The van der Waals surface area contributed by atoms with E-state index in [9.17, 15) is 9.90 Å². The molecule has 66 valence electrons. The van der Waals surface area contributed by atoms with Crippen molar-refractivity contribution in [3.05, 3.63) is 23.3 Å². The normalized spacial score (nSPS) is 12.8. The van der Waals surface area contributed by atoms with Gasteiger partial charge < -0.3 is 9.84 Å². The van der Waals surface area contributed by atoms with Gasteiger partial charge in [0.15, 0.2) is 0 Å². The Hall–Kier alpha value is -1.73. The topological polar surface area (TPSA) is 46.5 Å². The molecule has 0 aromatic heterocycles. The Morgan fingerprint density at radius 3 is 2.92 bits per heavy atom. The van der Waals surface area contributed by atoms with Crippen LogP contribution in [0.2, 0.25) is 0 Å². The number of phenolic OH excluding ortho intramolecular Hbond substituents is 1. The number of fused-ring (bicyclic) bond motifs is 2. The molecule has 0 radical (unpaired) electrons. The molecular weight excluding hydrogens is 168 g/mol. The Morgan fingerprint density at radius 1 is 1.54 bits per heavy atom. The van der Waals surface area contributed by atoms with Crippen LogP contribution >= 0.6 is 0 Å². The molecular formula is C10H8O3. The van der Waals surface area contributed by atoms with Crippen LogP contribution in [0.3, 0.4) is 0 Å². The van der Waals surface area contributed by atoms with Crippen LogP contribution < -0.4 is 4.74 Å². The highest BCUT2D eigenvalue weighted by atomic mass is 16.5. The second-order valence-electron chi connectivity index (χ2n) is 2.90. The van der Waals surface area contributed by atoms with Crippen LogP contribution in [-0.4, -0.2) is 18.2 Å². The fourth-order valence-corrected chi connectivity index (χ4v) is 1.59. The van der Waals surface area contributed by atoms with Crippen molar-refractivity contribution in [3.8, 4) is 11.5 Å². The summed E-state index contributed by atoms with van der Waals surface area (Å²) in [6.07, 6.45) is 0.417. The third-order valence-electron chi connectivity index (χ3n) is 2.26. The molecule has 0 saturated carbocycles. The van der Waals surface area contributed by atoms with Crippen molar-refractivity contribution in [2.75, 3.05) is 7.11 Å². The lowest BCUT2D eigenvalue weighted by Gasteiger charge is -2.03. The number of hydrogen-bond acceptors (Lipinski definition) is 3. The number of aromatic hydroxyl groups is 1. The summed E-state index contributed by atoms with van der Waals surface area (Å²) in [5, 5.41) is 9.60. The SMILES string of the molecule is COc1ccc2c(O)c1CC2=C=O. The first kappa shape index (κ1) is 7.90. The zero-order chi connectivity index (χ0) is 9.42. The molecule has 0 heterocycles.